The van der Waals surface area contributed by atoms with E-state index in [-0.39, 0.29) is 5.56 Å². The molecule has 1 aromatic heterocycles. The predicted octanol–water partition coefficient (Wildman–Crippen LogP) is 2.53. The minimum absolute atomic E-state index is 0.0478. The van der Waals surface area contributed by atoms with Crippen LogP contribution in [0.5, 0.6) is 0 Å². The summed E-state index contributed by atoms with van der Waals surface area (Å²) in [5, 5.41) is 7.15. The lowest BCUT2D eigenvalue weighted by Crippen LogP contribution is -2.24. The van der Waals surface area contributed by atoms with Crippen molar-refractivity contribution >= 4 is 37.5 Å². The van der Waals surface area contributed by atoms with E-state index in [4.69, 9.17) is 5.73 Å². The Kier molecular flexibility index (Phi) is 4.57. The molecular formula is C17H18BrN3O. The topological polar surface area (TPSA) is 70.9 Å². The van der Waals surface area contributed by atoms with E-state index in [1.165, 1.54) is 5.56 Å². The summed E-state index contributed by atoms with van der Waals surface area (Å²) in [7, 11) is 0. The number of benzene rings is 2. The zero-order valence-electron chi connectivity index (χ0n) is 12.2. The largest absolute Gasteiger partial charge is 0.329 e. The first kappa shape index (κ1) is 15.2. The van der Waals surface area contributed by atoms with Crippen molar-refractivity contribution in [2.45, 2.75) is 6.42 Å². The molecule has 0 saturated carbocycles. The van der Waals surface area contributed by atoms with Gasteiger partial charge in [-0.05, 0) is 52.9 Å². The van der Waals surface area contributed by atoms with Gasteiger partial charge in [-0.15, -0.1) is 0 Å². The fourth-order valence-electron chi connectivity index (χ4n) is 2.82. The highest BCUT2D eigenvalue weighted by Gasteiger charge is 2.09. The molecule has 0 amide bonds. The number of fused-ring (bicyclic) bond motifs is 3. The molecule has 0 saturated heterocycles. The van der Waals surface area contributed by atoms with E-state index in [1.54, 1.807) is 6.20 Å². The van der Waals surface area contributed by atoms with Gasteiger partial charge in [0.15, 0.2) is 0 Å². The maximum absolute atomic E-state index is 12.2. The number of rotatable bonds is 5. The zero-order valence-corrected chi connectivity index (χ0v) is 13.7. The average Bonchev–Trinajstić information content (AvgIpc) is 2.51. The van der Waals surface area contributed by atoms with Crippen LogP contribution in [0.15, 0.2) is 45.8 Å². The first-order chi connectivity index (χ1) is 10.7. The highest BCUT2D eigenvalue weighted by molar-refractivity contribution is 9.10. The molecule has 0 bridgehead atoms. The maximum atomic E-state index is 12.2. The number of H-pyrrole nitrogens is 1. The van der Waals surface area contributed by atoms with Gasteiger partial charge in [-0.3, -0.25) is 4.79 Å². The Labute approximate surface area is 136 Å². The van der Waals surface area contributed by atoms with Gasteiger partial charge in [-0.25, -0.2) is 0 Å². The highest BCUT2D eigenvalue weighted by Crippen LogP contribution is 2.29. The predicted molar refractivity (Wildman–Crippen MR) is 95.4 cm³/mol. The van der Waals surface area contributed by atoms with E-state index in [0.29, 0.717) is 6.54 Å². The second kappa shape index (κ2) is 6.60. The maximum Gasteiger partial charge on any atom is 0.256 e. The van der Waals surface area contributed by atoms with Crippen LogP contribution in [-0.2, 0) is 6.42 Å². The Bertz CT molecular complexity index is 873. The fraction of sp³-hybridized carbons (Fsp3) is 0.235. The minimum atomic E-state index is -0.0478. The first-order valence-electron chi connectivity index (χ1n) is 7.34. The Morgan fingerprint density at radius 1 is 1.14 bits per heavy atom. The molecule has 3 rings (SSSR count). The lowest BCUT2D eigenvalue weighted by atomic mass is 9.96. The third kappa shape index (κ3) is 2.92. The van der Waals surface area contributed by atoms with Crippen LogP contribution in [0, 0.1) is 0 Å². The Hall–Kier alpha value is -1.69. The van der Waals surface area contributed by atoms with Gasteiger partial charge in [0.2, 0.25) is 0 Å². The first-order valence-corrected chi connectivity index (χ1v) is 8.13. The summed E-state index contributed by atoms with van der Waals surface area (Å²) in [6, 6.07) is 10.2. The molecule has 0 spiro atoms. The normalized spacial score (nSPS) is 11.4. The molecule has 0 aliphatic rings. The minimum Gasteiger partial charge on any atom is -0.329 e. The van der Waals surface area contributed by atoms with Crippen molar-refractivity contribution < 1.29 is 0 Å². The summed E-state index contributed by atoms with van der Waals surface area (Å²) in [6.45, 7) is 2.33. The molecule has 3 aromatic rings. The van der Waals surface area contributed by atoms with Gasteiger partial charge in [0.1, 0.15) is 0 Å². The molecule has 0 fully saturated rings. The van der Waals surface area contributed by atoms with Gasteiger partial charge in [0.25, 0.3) is 5.56 Å². The van der Waals surface area contributed by atoms with Crippen LogP contribution >= 0.6 is 15.9 Å². The van der Waals surface area contributed by atoms with E-state index < -0.39 is 0 Å². The van der Waals surface area contributed by atoms with Crippen LogP contribution in [0.2, 0.25) is 0 Å². The second-order valence-corrected chi connectivity index (χ2v) is 6.20. The van der Waals surface area contributed by atoms with Crippen LogP contribution < -0.4 is 16.6 Å². The van der Waals surface area contributed by atoms with E-state index in [2.05, 4.69) is 38.4 Å². The quantitative estimate of drug-likeness (QED) is 0.484. The van der Waals surface area contributed by atoms with Crippen molar-refractivity contribution in [1.29, 1.82) is 0 Å². The van der Waals surface area contributed by atoms with Crippen molar-refractivity contribution in [2.75, 3.05) is 19.6 Å². The third-order valence-electron chi connectivity index (χ3n) is 3.81. The molecule has 4 nitrogen and oxygen atoms in total. The Balaban J connectivity index is 2.17. The zero-order chi connectivity index (χ0) is 15.5. The fourth-order valence-corrected chi connectivity index (χ4v) is 3.18. The number of hydrogen-bond donors (Lipinski definition) is 3. The molecule has 4 N–H and O–H groups in total. The van der Waals surface area contributed by atoms with Crippen LogP contribution in [0.25, 0.3) is 21.5 Å². The molecule has 0 aliphatic heterocycles. The smallest absolute Gasteiger partial charge is 0.256 e. The van der Waals surface area contributed by atoms with Crippen LogP contribution in [0.3, 0.4) is 0 Å². The molecular weight excluding hydrogens is 342 g/mol. The molecule has 0 aliphatic carbocycles. The van der Waals surface area contributed by atoms with Gasteiger partial charge in [-0.2, -0.15) is 0 Å². The summed E-state index contributed by atoms with van der Waals surface area (Å²) in [5.74, 6) is 0. The van der Waals surface area contributed by atoms with Crippen LogP contribution in [-0.4, -0.2) is 24.6 Å². The molecule has 114 valence electrons. The van der Waals surface area contributed by atoms with Crippen LogP contribution in [0.4, 0.5) is 0 Å². The van der Waals surface area contributed by atoms with Crippen molar-refractivity contribution in [3.05, 3.63) is 56.9 Å². The lowest BCUT2D eigenvalue weighted by Gasteiger charge is -2.11. The summed E-state index contributed by atoms with van der Waals surface area (Å²) < 4.78 is 0.975. The number of aromatic amines is 1. The van der Waals surface area contributed by atoms with E-state index in [1.807, 2.05) is 18.2 Å². The number of hydrogen-bond acceptors (Lipinski definition) is 3. The summed E-state index contributed by atoms with van der Waals surface area (Å²) in [6.07, 6.45) is 2.60. The summed E-state index contributed by atoms with van der Waals surface area (Å²) in [5.41, 5.74) is 6.69. The van der Waals surface area contributed by atoms with E-state index in [0.717, 1.165) is 45.5 Å². The standard InChI is InChI=1S/C17H18BrN3O/c18-13-1-2-14-11(3-6-20-8-5-19)9-12-4-7-21-17(22)16(12)15(14)10-13/h1-2,4,7,9-10,20H,3,5-6,8,19H2,(H,21,22). The molecule has 0 atom stereocenters. The van der Waals surface area contributed by atoms with Gasteiger partial charge in [0.05, 0.1) is 5.39 Å². The number of nitrogens with two attached hydrogens (primary N) is 1. The summed E-state index contributed by atoms with van der Waals surface area (Å²) >= 11 is 3.50. The lowest BCUT2D eigenvalue weighted by molar-refractivity contribution is 0.690. The third-order valence-corrected chi connectivity index (χ3v) is 4.31. The summed E-state index contributed by atoms with van der Waals surface area (Å²) in [4.78, 5) is 15.0. The van der Waals surface area contributed by atoms with Gasteiger partial charge in [-0.1, -0.05) is 28.1 Å². The monoisotopic (exact) mass is 359 g/mol. The second-order valence-electron chi connectivity index (χ2n) is 5.29. The van der Waals surface area contributed by atoms with Crippen molar-refractivity contribution in [2.24, 2.45) is 5.73 Å². The number of pyridine rings is 1. The van der Waals surface area contributed by atoms with Gasteiger partial charge < -0.3 is 16.0 Å². The molecule has 22 heavy (non-hydrogen) atoms. The molecule has 1 heterocycles. The van der Waals surface area contributed by atoms with Crippen molar-refractivity contribution in [3.8, 4) is 0 Å². The van der Waals surface area contributed by atoms with Crippen molar-refractivity contribution in [1.82, 2.24) is 10.3 Å². The van der Waals surface area contributed by atoms with E-state index in [9.17, 15) is 4.79 Å². The molecule has 0 unspecified atom stereocenters. The highest BCUT2D eigenvalue weighted by atomic mass is 79.9. The SMILES string of the molecule is NCCNCCc1cc2cc[nH]c(=O)c2c2cc(Br)ccc12. The Morgan fingerprint density at radius 3 is 2.82 bits per heavy atom. The molecule has 0 radical (unpaired) electrons. The number of halogens is 1. The number of nitrogens with one attached hydrogen (secondary N) is 2. The Morgan fingerprint density at radius 2 is 2.00 bits per heavy atom. The van der Waals surface area contributed by atoms with Crippen LogP contribution in [0.1, 0.15) is 5.56 Å². The molecule has 5 heteroatoms. The van der Waals surface area contributed by atoms with E-state index >= 15 is 0 Å². The van der Waals surface area contributed by atoms with Gasteiger partial charge >= 0.3 is 0 Å². The number of aromatic nitrogens is 1. The van der Waals surface area contributed by atoms with Crippen molar-refractivity contribution in [3.63, 3.8) is 0 Å². The molecule has 2 aromatic carbocycles. The average molecular weight is 360 g/mol. The van der Waals surface area contributed by atoms with Gasteiger partial charge in [0, 0.05) is 23.8 Å².